The van der Waals surface area contributed by atoms with Crippen LogP contribution in [-0.4, -0.2) is 4.92 Å². The first-order chi connectivity index (χ1) is 8.59. The molecule has 0 heterocycles. The van der Waals surface area contributed by atoms with Gasteiger partial charge in [0.05, 0.1) is 10.6 Å². The summed E-state index contributed by atoms with van der Waals surface area (Å²) in [5, 5.41) is 10.9. The maximum absolute atomic E-state index is 14.0. The molecule has 2 rings (SSSR count). The zero-order chi connectivity index (χ0) is 13.1. The Morgan fingerprint density at radius 1 is 1.06 bits per heavy atom. The predicted octanol–water partition coefficient (Wildman–Crippen LogP) is 3.76. The van der Waals surface area contributed by atoms with E-state index in [0.29, 0.717) is 0 Å². The van der Waals surface area contributed by atoms with Crippen molar-refractivity contribution in [1.82, 2.24) is 0 Å². The van der Waals surface area contributed by atoms with Crippen molar-refractivity contribution in [2.24, 2.45) is 0 Å². The Bertz CT molecular complexity index is 573. The van der Waals surface area contributed by atoms with Crippen molar-refractivity contribution in [3.63, 3.8) is 0 Å². The van der Waals surface area contributed by atoms with Crippen LogP contribution in [0.25, 0.3) is 0 Å². The molecule has 0 fully saturated rings. The van der Waals surface area contributed by atoms with Gasteiger partial charge in [0.1, 0.15) is 5.82 Å². The molecular formula is C12H8F2N2O2. The van der Waals surface area contributed by atoms with Gasteiger partial charge >= 0.3 is 0 Å². The maximum Gasteiger partial charge on any atom is 0.295 e. The molecule has 0 spiro atoms. The molecule has 18 heavy (non-hydrogen) atoms. The van der Waals surface area contributed by atoms with Crippen molar-refractivity contribution in [1.29, 1.82) is 0 Å². The van der Waals surface area contributed by atoms with Crippen molar-refractivity contribution >= 4 is 17.1 Å². The van der Waals surface area contributed by atoms with Crippen LogP contribution in [0.4, 0.5) is 25.9 Å². The maximum atomic E-state index is 14.0. The third kappa shape index (κ3) is 2.27. The average molecular weight is 250 g/mol. The first-order valence-electron chi connectivity index (χ1n) is 5.04. The van der Waals surface area contributed by atoms with Crippen LogP contribution in [0.3, 0.4) is 0 Å². The van der Waals surface area contributed by atoms with Crippen molar-refractivity contribution in [3.05, 3.63) is 64.5 Å². The van der Waals surface area contributed by atoms with E-state index in [1.165, 1.54) is 36.4 Å². The molecule has 2 aromatic carbocycles. The van der Waals surface area contributed by atoms with Gasteiger partial charge in [0.25, 0.3) is 5.69 Å². The lowest BCUT2D eigenvalue weighted by Gasteiger charge is -2.13. The van der Waals surface area contributed by atoms with Crippen LogP contribution in [0.5, 0.6) is 0 Å². The van der Waals surface area contributed by atoms with Gasteiger partial charge in [0.15, 0.2) is 5.69 Å². The monoisotopic (exact) mass is 250 g/mol. The zero-order valence-corrected chi connectivity index (χ0v) is 9.09. The number of nitro benzene ring substituents is 1. The second kappa shape index (κ2) is 4.79. The van der Waals surface area contributed by atoms with Gasteiger partial charge in [-0.2, -0.15) is 5.12 Å². The van der Waals surface area contributed by atoms with Crippen LogP contribution >= 0.6 is 0 Å². The molecular weight excluding hydrogens is 242 g/mol. The summed E-state index contributed by atoms with van der Waals surface area (Å²) in [6, 6.07) is 9.97. The van der Waals surface area contributed by atoms with Gasteiger partial charge in [0, 0.05) is 6.07 Å². The van der Waals surface area contributed by atoms with E-state index in [4.69, 9.17) is 0 Å². The van der Waals surface area contributed by atoms with Gasteiger partial charge in [-0.05, 0) is 30.3 Å². The van der Waals surface area contributed by atoms with Crippen LogP contribution in [0.2, 0.25) is 0 Å². The van der Waals surface area contributed by atoms with E-state index in [-0.39, 0.29) is 22.2 Å². The number of hydrogen-bond donors (Lipinski definition) is 0. The Balaban J connectivity index is 2.42. The fourth-order valence-corrected chi connectivity index (χ4v) is 1.50. The smallest absolute Gasteiger partial charge is 0.258 e. The van der Waals surface area contributed by atoms with Crippen LogP contribution in [0.1, 0.15) is 0 Å². The number of para-hydroxylation sites is 2. The quantitative estimate of drug-likeness (QED) is 0.473. The van der Waals surface area contributed by atoms with E-state index in [1.54, 1.807) is 0 Å². The van der Waals surface area contributed by atoms with Gasteiger partial charge in [-0.25, -0.2) is 4.39 Å². The number of anilines is 2. The summed E-state index contributed by atoms with van der Waals surface area (Å²) in [6.45, 7) is 0. The van der Waals surface area contributed by atoms with Gasteiger partial charge in [-0.3, -0.25) is 10.1 Å². The molecule has 4 nitrogen and oxygen atoms in total. The summed E-state index contributed by atoms with van der Waals surface area (Å²) in [5.74, 6) is -0.505. The largest absolute Gasteiger partial charge is 0.295 e. The van der Waals surface area contributed by atoms with Crippen molar-refractivity contribution in [2.45, 2.75) is 0 Å². The number of rotatable bonds is 3. The van der Waals surface area contributed by atoms with E-state index >= 15 is 0 Å². The molecule has 0 bridgehead atoms. The number of hydrogen-bond acceptors (Lipinski definition) is 3. The van der Waals surface area contributed by atoms with E-state index in [9.17, 15) is 19.0 Å². The highest BCUT2D eigenvalue weighted by Crippen LogP contribution is 2.33. The number of nitro groups is 1. The summed E-state index contributed by atoms with van der Waals surface area (Å²) < 4.78 is 26.7. The molecule has 92 valence electrons. The van der Waals surface area contributed by atoms with E-state index in [1.807, 2.05) is 0 Å². The van der Waals surface area contributed by atoms with Crippen molar-refractivity contribution in [2.75, 3.05) is 5.12 Å². The third-order valence-corrected chi connectivity index (χ3v) is 2.34. The molecule has 0 aliphatic carbocycles. The molecule has 0 saturated heterocycles. The van der Waals surface area contributed by atoms with Gasteiger partial charge < -0.3 is 0 Å². The summed E-state index contributed by atoms with van der Waals surface area (Å²) in [4.78, 5) is 10.1. The highest BCUT2D eigenvalue weighted by atomic mass is 19.2. The molecule has 0 aromatic heterocycles. The van der Waals surface area contributed by atoms with Gasteiger partial charge in [-0.15, -0.1) is 0 Å². The van der Waals surface area contributed by atoms with Crippen LogP contribution < -0.4 is 5.12 Å². The Morgan fingerprint density at radius 2 is 1.67 bits per heavy atom. The van der Waals surface area contributed by atoms with E-state index in [0.717, 1.165) is 12.1 Å². The fraction of sp³-hybridized carbons (Fsp3) is 0. The Kier molecular flexibility index (Phi) is 3.18. The highest BCUT2D eigenvalue weighted by molar-refractivity contribution is 5.69. The normalized spacial score (nSPS) is 10.1. The molecule has 0 unspecified atom stereocenters. The molecule has 0 atom stereocenters. The van der Waals surface area contributed by atoms with E-state index in [2.05, 4.69) is 0 Å². The molecule has 0 saturated carbocycles. The SMILES string of the molecule is O=[N+]([O-])c1ccccc1N(F)c1ccc(F)cc1. The number of nitrogens with zero attached hydrogens (tertiary/aromatic N) is 2. The fourth-order valence-electron chi connectivity index (χ4n) is 1.50. The van der Waals surface area contributed by atoms with Gasteiger partial charge in [0.2, 0.25) is 0 Å². The number of halogens is 2. The topological polar surface area (TPSA) is 46.4 Å². The summed E-state index contributed by atoms with van der Waals surface area (Å²) >= 11 is 0. The van der Waals surface area contributed by atoms with Crippen LogP contribution in [-0.2, 0) is 0 Å². The molecule has 0 N–H and O–H groups in total. The Hall–Kier alpha value is -2.50. The zero-order valence-electron chi connectivity index (χ0n) is 9.09. The molecule has 0 amide bonds. The Morgan fingerprint density at radius 3 is 2.28 bits per heavy atom. The molecule has 0 aliphatic heterocycles. The predicted molar refractivity (Wildman–Crippen MR) is 62.7 cm³/mol. The first kappa shape index (κ1) is 12.0. The van der Waals surface area contributed by atoms with Crippen LogP contribution in [0, 0.1) is 15.9 Å². The van der Waals surface area contributed by atoms with E-state index < -0.39 is 10.7 Å². The second-order valence-corrected chi connectivity index (χ2v) is 3.50. The molecule has 2 aromatic rings. The Labute approximate surface area is 101 Å². The van der Waals surface area contributed by atoms with Crippen molar-refractivity contribution < 1.29 is 13.8 Å². The summed E-state index contributed by atoms with van der Waals surface area (Å²) in [5.41, 5.74) is -0.538. The molecule has 0 aliphatic rings. The average Bonchev–Trinajstić information content (AvgIpc) is 2.39. The minimum absolute atomic E-state index is 0.0192. The van der Waals surface area contributed by atoms with Crippen LogP contribution in [0.15, 0.2) is 48.5 Å². The van der Waals surface area contributed by atoms with Crippen molar-refractivity contribution in [3.8, 4) is 0 Å². The van der Waals surface area contributed by atoms with Gasteiger partial charge in [-0.1, -0.05) is 16.6 Å². The molecule has 6 heteroatoms. The molecule has 0 radical (unpaired) electrons. The minimum Gasteiger partial charge on any atom is -0.258 e. The lowest BCUT2D eigenvalue weighted by Crippen LogP contribution is -2.06. The standard InChI is InChI=1S/C12H8F2N2O2/c13-9-5-7-10(8-6-9)15(14)11-3-1-2-4-12(11)16(17)18/h1-8H. The second-order valence-electron chi connectivity index (χ2n) is 3.50. The first-order valence-corrected chi connectivity index (χ1v) is 5.04. The highest BCUT2D eigenvalue weighted by Gasteiger charge is 2.19. The lowest BCUT2D eigenvalue weighted by atomic mass is 10.2. The minimum atomic E-state index is -0.675. The number of benzene rings is 2. The third-order valence-electron chi connectivity index (χ3n) is 2.34. The summed E-state index contributed by atoms with van der Waals surface area (Å²) in [7, 11) is 0. The summed E-state index contributed by atoms with van der Waals surface area (Å²) in [6.07, 6.45) is 0. The lowest BCUT2D eigenvalue weighted by molar-refractivity contribution is -0.384.